The van der Waals surface area contributed by atoms with Gasteiger partial charge in [-0.1, -0.05) is 56.1 Å². The normalized spacial score (nSPS) is 12.8. The Morgan fingerprint density at radius 2 is 1.04 bits per heavy atom. The van der Waals surface area contributed by atoms with E-state index in [2.05, 4.69) is 78.9 Å². The molecular formula is C20H20Br2N4. The molecule has 0 fully saturated rings. The van der Waals surface area contributed by atoms with Crippen LogP contribution in [0.15, 0.2) is 57.5 Å². The highest BCUT2D eigenvalue weighted by Gasteiger charge is 2.24. The van der Waals surface area contributed by atoms with Crippen LogP contribution in [0.5, 0.6) is 0 Å². The van der Waals surface area contributed by atoms with E-state index in [4.69, 9.17) is 10.5 Å². The Morgan fingerprint density at radius 1 is 0.692 bits per heavy atom. The van der Waals surface area contributed by atoms with Gasteiger partial charge in [0.25, 0.3) is 0 Å². The number of hydrogen-bond donors (Lipinski definition) is 2. The summed E-state index contributed by atoms with van der Waals surface area (Å²) in [4.78, 5) is 0. The van der Waals surface area contributed by atoms with E-state index in [9.17, 15) is 0 Å². The van der Waals surface area contributed by atoms with Gasteiger partial charge in [-0.3, -0.25) is 0 Å². The molecule has 0 radical (unpaired) electrons. The number of nitrogens with one attached hydrogen (secondary N) is 2. The van der Waals surface area contributed by atoms with Gasteiger partial charge in [0, 0.05) is 34.9 Å². The molecule has 0 heterocycles. The molecule has 0 aromatic heterocycles. The van der Waals surface area contributed by atoms with Crippen LogP contribution in [-0.4, -0.2) is 13.1 Å². The fourth-order valence-electron chi connectivity index (χ4n) is 2.76. The van der Waals surface area contributed by atoms with Crippen LogP contribution >= 0.6 is 31.9 Å². The van der Waals surface area contributed by atoms with Crippen molar-refractivity contribution in [3.63, 3.8) is 0 Å². The van der Waals surface area contributed by atoms with E-state index in [0.29, 0.717) is 25.9 Å². The third kappa shape index (κ3) is 6.23. The van der Waals surface area contributed by atoms with Crippen LogP contribution in [0, 0.1) is 22.7 Å². The molecular weight excluding hydrogens is 456 g/mol. The maximum atomic E-state index is 8.89. The minimum Gasteiger partial charge on any atom is -0.307 e. The van der Waals surface area contributed by atoms with Crippen LogP contribution in [0.2, 0.25) is 0 Å². The Labute approximate surface area is 171 Å². The summed E-state index contributed by atoms with van der Waals surface area (Å²) >= 11 is 6.96. The Balaban J connectivity index is 2.34. The maximum Gasteiger partial charge on any atom is 0.0635 e. The van der Waals surface area contributed by atoms with Gasteiger partial charge in [-0.25, -0.2) is 0 Å². The largest absolute Gasteiger partial charge is 0.307 e. The molecule has 0 unspecified atom stereocenters. The van der Waals surface area contributed by atoms with E-state index in [1.54, 1.807) is 0 Å². The summed E-state index contributed by atoms with van der Waals surface area (Å²) in [6, 6.07) is 20.7. The number of nitriles is 2. The SMILES string of the molecule is N#CCCN[C@@H](c1ccc(Br)cc1)[C@@H](NCCC#N)c1ccc(Br)cc1. The average molecular weight is 476 g/mol. The van der Waals surface area contributed by atoms with Gasteiger partial charge < -0.3 is 10.6 Å². The molecule has 26 heavy (non-hydrogen) atoms. The van der Waals surface area contributed by atoms with Gasteiger partial charge in [-0.2, -0.15) is 10.5 Å². The molecule has 2 rings (SSSR count). The fraction of sp³-hybridized carbons (Fsp3) is 0.300. The number of benzene rings is 2. The zero-order valence-electron chi connectivity index (χ0n) is 14.3. The third-order valence-corrected chi connectivity index (χ3v) is 5.05. The molecule has 2 aromatic carbocycles. The molecule has 0 aliphatic rings. The summed E-state index contributed by atoms with van der Waals surface area (Å²) in [6.07, 6.45) is 0.885. The van der Waals surface area contributed by atoms with Gasteiger partial charge in [0.05, 0.1) is 24.2 Å². The molecule has 6 heteroatoms. The van der Waals surface area contributed by atoms with Gasteiger partial charge in [0.2, 0.25) is 0 Å². The quantitative estimate of drug-likeness (QED) is 0.500. The summed E-state index contributed by atoms with van der Waals surface area (Å²) in [6.45, 7) is 1.20. The first-order valence-corrected chi connectivity index (χ1v) is 9.96. The highest BCUT2D eigenvalue weighted by atomic mass is 79.9. The summed E-state index contributed by atoms with van der Waals surface area (Å²) in [5.74, 6) is 0. The highest BCUT2D eigenvalue weighted by molar-refractivity contribution is 9.10. The molecule has 0 amide bonds. The van der Waals surface area contributed by atoms with Crippen LogP contribution in [0.25, 0.3) is 0 Å². The number of rotatable bonds is 9. The lowest BCUT2D eigenvalue weighted by Crippen LogP contribution is -2.36. The van der Waals surface area contributed by atoms with E-state index in [0.717, 1.165) is 20.1 Å². The maximum absolute atomic E-state index is 8.89. The molecule has 2 aromatic rings. The summed E-state index contributed by atoms with van der Waals surface area (Å²) in [5.41, 5.74) is 2.26. The molecule has 0 spiro atoms. The van der Waals surface area contributed by atoms with Crippen LogP contribution in [-0.2, 0) is 0 Å². The topological polar surface area (TPSA) is 71.6 Å². The van der Waals surface area contributed by atoms with Gasteiger partial charge >= 0.3 is 0 Å². The molecule has 2 N–H and O–H groups in total. The molecule has 0 aliphatic carbocycles. The van der Waals surface area contributed by atoms with Gasteiger partial charge in [-0.05, 0) is 35.4 Å². The van der Waals surface area contributed by atoms with Crippen molar-refractivity contribution in [3.05, 3.63) is 68.6 Å². The first-order valence-electron chi connectivity index (χ1n) is 8.37. The van der Waals surface area contributed by atoms with E-state index in [1.165, 1.54) is 0 Å². The van der Waals surface area contributed by atoms with E-state index in [-0.39, 0.29) is 12.1 Å². The standard InChI is InChI=1S/C20H20Br2N4/c21-17-7-3-15(4-8-17)19(25-13-1-11-23)20(26-14-2-12-24)16-5-9-18(22)10-6-16/h3-10,19-20,25-26H,1-2,13-14H2/t19-,20-/m0/s1. The van der Waals surface area contributed by atoms with Crippen molar-refractivity contribution < 1.29 is 0 Å². The third-order valence-electron chi connectivity index (χ3n) is 3.99. The molecule has 0 saturated heterocycles. The molecule has 4 nitrogen and oxygen atoms in total. The van der Waals surface area contributed by atoms with E-state index >= 15 is 0 Å². The summed E-state index contributed by atoms with van der Waals surface area (Å²) in [5, 5.41) is 24.8. The zero-order chi connectivity index (χ0) is 18.8. The van der Waals surface area contributed by atoms with Crippen LogP contribution in [0.1, 0.15) is 36.1 Å². The Morgan fingerprint density at radius 3 is 1.35 bits per heavy atom. The van der Waals surface area contributed by atoms with Gasteiger partial charge in [0.1, 0.15) is 0 Å². The minimum atomic E-state index is -0.0173. The van der Waals surface area contributed by atoms with Crippen molar-refractivity contribution in [3.8, 4) is 12.1 Å². The first kappa shape index (κ1) is 20.6. The molecule has 0 saturated carbocycles. The minimum absolute atomic E-state index is 0.0173. The Bertz CT molecular complexity index is 693. The summed E-state index contributed by atoms with van der Waals surface area (Å²) < 4.78 is 2.05. The zero-order valence-corrected chi connectivity index (χ0v) is 17.4. The van der Waals surface area contributed by atoms with Crippen molar-refractivity contribution in [2.45, 2.75) is 24.9 Å². The smallest absolute Gasteiger partial charge is 0.0635 e. The number of hydrogen-bond acceptors (Lipinski definition) is 4. The van der Waals surface area contributed by atoms with Crippen molar-refractivity contribution in [2.24, 2.45) is 0 Å². The monoisotopic (exact) mass is 474 g/mol. The lowest BCUT2D eigenvalue weighted by atomic mass is 9.93. The van der Waals surface area contributed by atoms with Gasteiger partial charge in [0.15, 0.2) is 0 Å². The van der Waals surface area contributed by atoms with Crippen LogP contribution in [0.4, 0.5) is 0 Å². The van der Waals surface area contributed by atoms with E-state index in [1.807, 2.05) is 24.3 Å². The van der Waals surface area contributed by atoms with Crippen LogP contribution in [0.3, 0.4) is 0 Å². The van der Waals surface area contributed by atoms with Gasteiger partial charge in [-0.15, -0.1) is 0 Å². The highest BCUT2D eigenvalue weighted by Crippen LogP contribution is 2.30. The predicted molar refractivity (Wildman–Crippen MR) is 110 cm³/mol. The second-order valence-corrected chi connectivity index (χ2v) is 7.61. The number of halogens is 2. The van der Waals surface area contributed by atoms with Crippen molar-refractivity contribution >= 4 is 31.9 Å². The fourth-order valence-corrected chi connectivity index (χ4v) is 3.29. The van der Waals surface area contributed by atoms with Crippen LogP contribution < -0.4 is 10.6 Å². The Hall–Kier alpha value is -1.70. The lowest BCUT2D eigenvalue weighted by Gasteiger charge is -2.30. The average Bonchev–Trinajstić information content (AvgIpc) is 2.65. The lowest BCUT2D eigenvalue weighted by molar-refractivity contribution is 0.390. The van der Waals surface area contributed by atoms with Crippen molar-refractivity contribution in [1.29, 1.82) is 10.5 Å². The molecule has 2 atom stereocenters. The molecule has 134 valence electrons. The second kappa shape index (κ2) is 11.1. The first-order chi connectivity index (χ1) is 12.7. The second-order valence-electron chi connectivity index (χ2n) is 5.78. The molecule has 0 aliphatic heterocycles. The van der Waals surface area contributed by atoms with Crippen molar-refractivity contribution in [2.75, 3.05) is 13.1 Å². The van der Waals surface area contributed by atoms with E-state index < -0.39 is 0 Å². The summed E-state index contributed by atoms with van der Waals surface area (Å²) in [7, 11) is 0. The van der Waals surface area contributed by atoms with Crippen molar-refractivity contribution in [1.82, 2.24) is 10.6 Å². The Kier molecular flexibility index (Phi) is 8.80. The predicted octanol–water partition coefficient (Wildman–Crippen LogP) is 5.00. The molecule has 0 bridgehead atoms. The number of nitrogens with zero attached hydrogens (tertiary/aromatic N) is 2.